The molecule has 0 aliphatic carbocycles. The maximum Gasteiger partial charge on any atom is 0.338 e. The minimum Gasteiger partial charge on any atom is -0.460 e. The molecule has 0 amide bonds. The Bertz CT molecular complexity index is 1220. The SMILES string of the molecule is COCCOC(=O)C1=C(C)N=c2sc(=Cc3cccs3)c(=O)n2C1c1cccs1. The molecule has 150 valence electrons. The molecule has 1 atom stereocenters. The number of carbonyl (C=O) groups excluding carboxylic acids is 1. The molecule has 29 heavy (non-hydrogen) atoms. The summed E-state index contributed by atoms with van der Waals surface area (Å²) in [6.07, 6.45) is 1.87. The fraction of sp³-hybridized carbons (Fsp3) is 0.250. The normalized spacial score (nSPS) is 16.6. The topological polar surface area (TPSA) is 69.9 Å². The number of esters is 1. The maximum atomic E-state index is 13.3. The Morgan fingerprint density at radius 1 is 1.24 bits per heavy atom. The molecule has 0 bridgehead atoms. The number of aromatic nitrogens is 1. The van der Waals surface area contributed by atoms with Crippen molar-refractivity contribution in [3.8, 4) is 0 Å². The first-order valence-electron chi connectivity index (χ1n) is 8.85. The molecule has 3 aromatic rings. The summed E-state index contributed by atoms with van der Waals surface area (Å²) in [7, 11) is 1.55. The van der Waals surface area contributed by atoms with Crippen LogP contribution in [0.2, 0.25) is 0 Å². The Morgan fingerprint density at radius 2 is 2.03 bits per heavy atom. The third-order valence-electron chi connectivity index (χ3n) is 4.39. The first kappa shape index (κ1) is 20.0. The van der Waals surface area contributed by atoms with Gasteiger partial charge in [0.25, 0.3) is 5.56 Å². The van der Waals surface area contributed by atoms with Gasteiger partial charge in [-0.05, 0) is 35.9 Å². The van der Waals surface area contributed by atoms with E-state index in [-0.39, 0.29) is 12.2 Å². The number of hydrogen-bond donors (Lipinski definition) is 0. The molecule has 0 saturated carbocycles. The summed E-state index contributed by atoms with van der Waals surface area (Å²) >= 11 is 4.40. The largest absolute Gasteiger partial charge is 0.460 e. The van der Waals surface area contributed by atoms with Crippen molar-refractivity contribution in [1.82, 2.24) is 4.57 Å². The van der Waals surface area contributed by atoms with Gasteiger partial charge in [0.1, 0.15) is 12.6 Å². The number of allylic oxidation sites excluding steroid dienone is 1. The van der Waals surface area contributed by atoms with E-state index in [4.69, 9.17) is 9.47 Å². The number of fused-ring (bicyclic) bond motifs is 1. The summed E-state index contributed by atoms with van der Waals surface area (Å²) in [4.78, 5) is 33.2. The molecular weight excluding hydrogens is 428 g/mol. The molecule has 0 aromatic carbocycles. The summed E-state index contributed by atoms with van der Waals surface area (Å²) in [6.45, 7) is 2.23. The van der Waals surface area contributed by atoms with Gasteiger partial charge in [0.05, 0.1) is 22.4 Å². The Hall–Kier alpha value is -2.33. The lowest BCUT2D eigenvalue weighted by molar-refractivity contribution is -0.140. The Labute approximate surface area is 178 Å². The molecule has 1 aliphatic rings. The van der Waals surface area contributed by atoms with E-state index in [9.17, 15) is 9.59 Å². The average molecular weight is 447 g/mol. The zero-order chi connectivity index (χ0) is 20.4. The van der Waals surface area contributed by atoms with Crippen LogP contribution in [0.1, 0.15) is 22.7 Å². The minimum atomic E-state index is -0.549. The van der Waals surface area contributed by atoms with E-state index >= 15 is 0 Å². The van der Waals surface area contributed by atoms with Gasteiger partial charge in [0, 0.05) is 16.9 Å². The van der Waals surface area contributed by atoms with E-state index in [0.717, 1.165) is 9.75 Å². The van der Waals surface area contributed by atoms with Crippen LogP contribution in [0.4, 0.5) is 0 Å². The van der Waals surface area contributed by atoms with Crippen molar-refractivity contribution in [1.29, 1.82) is 0 Å². The quantitative estimate of drug-likeness (QED) is 0.431. The van der Waals surface area contributed by atoms with E-state index < -0.39 is 12.0 Å². The molecule has 0 saturated heterocycles. The minimum absolute atomic E-state index is 0.145. The first-order valence-corrected chi connectivity index (χ1v) is 11.4. The van der Waals surface area contributed by atoms with E-state index in [2.05, 4.69) is 4.99 Å². The van der Waals surface area contributed by atoms with Gasteiger partial charge < -0.3 is 9.47 Å². The summed E-state index contributed by atoms with van der Waals surface area (Å²) in [5, 5.41) is 3.90. The van der Waals surface area contributed by atoms with E-state index in [1.807, 2.05) is 41.1 Å². The number of thiazole rings is 1. The highest BCUT2D eigenvalue weighted by atomic mass is 32.1. The van der Waals surface area contributed by atoms with Gasteiger partial charge >= 0.3 is 5.97 Å². The molecule has 0 N–H and O–H groups in total. The standard InChI is InChI=1S/C20H18N2O4S3/c1-12-16(19(24)26-8-7-25-2)17(14-6-4-10-28-14)22-18(23)15(29-20(22)21-12)11-13-5-3-9-27-13/h3-6,9-11,17H,7-8H2,1-2H3. The highest BCUT2D eigenvalue weighted by Crippen LogP contribution is 2.33. The van der Waals surface area contributed by atoms with Crippen molar-refractivity contribution in [2.24, 2.45) is 4.99 Å². The van der Waals surface area contributed by atoms with Gasteiger partial charge in [-0.15, -0.1) is 22.7 Å². The van der Waals surface area contributed by atoms with Crippen molar-refractivity contribution in [2.45, 2.75) is 13.0 Å². The summed E-state index contributed by atoms with van der Waals surface area (Å²) < 4.78 is 12.5. The van der Waals surface area contributed by atoms with Crippen LogP contribution in [0, 0.1) is 0 Å². The van der Waals surface area contributed by atoms with Gasteiger partial charge in [-0.1, -0.05) is 23.5 Å². The molecule has 0 spiro atoms. The summed E-state index contributed by atoms with van der Waals surface area (Å²) in [6, 6.07) is 7.19. The zero-order valence-electron chi connectivity index (χ0n) is 15.8. The lowest BCUT2D eigenvalue weighted by Gasteiger charge is -2.23. The van der Waals surface area contributed by atoms with E-state index in [1.165, 1.54) is 22.7 Å². The second-order valence-corrected chi connectivity index (χ2v) is 9.21. The molecule has 0 fully saturated rings. The number of ether oxygens (including phenoxy) is 2. The van der Waals surface area contributed by atoms with Crippen molar-refractivity contribution in [2.75, 3.05) is 20.3 Å². The summed E-state index contributed by atoms with van der Waals surface area (Å²) in [5.74, 6) is -0.478. The third kappa shape index (κ3) is 3.91. The van der Waals surface area contributed by atoms with Gasteiger partial charge in [0.2, 0.25) is 0 Å². The smallest absolute Gasteiger partial charge is 0.338 e. The number of methoxy groups -OCH3 is 1. The number of carbonyl (C=O) groups is 1. The third-order valence-corrected chi connectivity index (χ3v) is 7.12. The molecule has 4 rings (SSSR count). The highest BCUT2D eigenvalue weighted by molar-refractivity contribution is 7.11. The van der Waals surface area contributed by atoms with Crippen LogP contribution in [0.5, 0.6) is 0 Å². The lowest BCUT2D eigenvalue weighted by Crippen LogP contribution is -2.39. The molecule has 6 nitrogen and oxygen atoms in total. The molecule has 4 heterocycles. The zero-order valence-corrected chi connectivity index (χ0v) is 18.2. The first-order chi connectivity index (χ1) is 14.1. The highest BCUT2D eigenvalue weighted by Gasteiger charge is 2.33. The second-order valence-electron chi connectivity index (χ2n) is 6.24. The number of thiophene rings is 2. The van der Waals surface area contributed by atoms with Crippen LogP contribution in [-0.4, -0.2) is 30.9 Å². The summed E-state index contributed by atoms with van der Waals surface area (Å²) in [5.41, 5.74) is 0.795. The van der Waals surface area contributed by atoms with Gasteiger partial charge in [0.15, 0.2) is 4.80 Å². The second kappa shape index (κ2) is 8.58. The van der Waals surface area contributed by atoms with Crippen molar-refractivity contribution in [3.63, 3.8) is 0 Å². The molecule has 9 heteroatoms. The van der Waals surface area contributed by atoms with E-state index in [1.54, 1.807) is 29.9 Å². The van der Waals surface area contributed by atoms with Crippen LogP contribution in [-0.2, 0) is 14.3 Å². The van der Waals surface area contributed by atoms with Crippen molar-refractivity contribution in [3.05, 3.63) is 75.7 Å². The van der Waals surface area contributed by atoms with E-state index in [0.29, 0.717) is 27.2 Å². The molecular formula is C20H18N2O4S3. The van der Waals surface area contributed by atoms with Gasteiger partial charge in [-0.3, -0.25) is 9.36 Å². The van der Waals surface area contributed by atoms with Gasteiger partial charge in [-0.2, -0.15) is 0 Å². The van der Waals surface area contributed by atoms with Crippen LogP contribution in [0.25, 0.3) is 6.08 Å². The van der Waals surface area contributed by atoms with Crippen LogP contribution in [0.15, 0.2) is 56.1 Å². The Balaban J connectivity index is 1.86. The number of rotatable bonds is 6. The average Bonchev–Trinajstić information content (AvgIpc) is 3.44. The van der Waals surface area contributed by atoms with Crippen LogP contribution >= 0.6 is 34.0 Å². The molecule has 0 radical (unpaired) electrons. The number of nitrogens with zero attached hydrogens (tertiary/aromatic N) is 2. The van der Waals surface area contributed by atoms with Crippen LogP contribution in [0.3, 0.4) is 0 Å². The molecule has 1 aliphatic heterocycles. The Morgan fingerprint density at radius 3 is 2.72 bits per heavy atom. The number of hydrogen-bond acceptors (Lipinski definition) is 8. The van der Waals surface area contributed by atoms with Crippen molar-refractivity contribution >= 4 is 46.1 Å². The predicted octanol–water partition coefficient (Wildman–Crippen LogP) is 2.55. The Kier molecular flexibility index (Phi) is 5.91. The van der Waals surface area contributed by atoms with Crippen LogP contribution < -0.4 is 14.9 Å². The monoisotopic (exact) mass is 446 g/mol. The van der Waals surface area contributed by atoms with Crippen molar-refractivity contribution < 1.29 is 14.3 Å². The molecule has 3 aromatic heterocycles. The van der Waals surface area contributed by atoms with Gasteiger partial charge in [-0.25, -0.2) is 9.79 Å². The lowest BCUT2D eigenvalue weighted by atomic mass is 10.0. The maximum absolute atomic E-state index is 13.3. The fourth-order valence-electron chi connectivity index (χ4n) is 3.10. The molecule has 1 unspecified atom stereocenters. The fourth-order valence-corrected chi connectivity index (χ4v) is 5.69. The predicted molar refractivity (Wildman–Crippen MR) is 115 cm³/mol.